The molecule has 0 bridgehead atoms. The first-order chi connectivity index (χ1) is 8.56. The molecule has 4 N–H and O–H groups in total. The highest BCUT2D eigenvalue weighted by molar-refractivity contribution is 7.80. The first-order valence-corrected chi connectivity index (χ1v) is 5.70. The number of nitrogens with one attached hydrogen (secondary N) is 2. The van der Waals surface area contributed by atoms with Crippen LogP contribution >= 0.6 is 12.2 Å². The third-order valence-electron chi connectivity index (χ3n) is 2.45. The van der Waals surface area contributed by atoms with Crippen molar-refractivity contribution in [1.29, 1.82) is 0 Å². The van der Waals surface area contributed by atoms with Crippen LogP contribution in [0.15, 0.2) is 12.3 Å². The van der Waals surface area contributed by atoms with Crippen LogP contribution in [-0.4, -0.2) is 32.8 Å². The first kappa shape index (κ1) is 12.4. The highest BCUT2D eigenvalue weighted by Crippen LogP contribution is 2.10. The van der Waals surface area contributed by atoms with Gasteiger partial charge in [-0.25, -0.2) is 9.97 Å². The van der Waals surface area contributed by atoms with Gasteiger partial charge < -0.3 is 11.1 Å². The average molecular weight is 265 g/mol. The SMILES string of the molecule is NC(=S)c1ccnc(NC2CCC(=O)NC2=O)n1. The summed E-state index contributed by atoms with van der Waals surface area (Å²) in [5, 5.41) is 5.09. The van der Waals surface area contributed by atoms with Gasteiger partial charge in [-0.2, -0.15) is 0 Å². The lowest BCUT2D eigenvalue weighted by Gasteiger charge is -2.21. The van der Waals surface area contributed by atoms with Gasteiger partial charge >= 0.3 is 0 Å². The summed E-state index contributed by atoms with van der Waals surface area (Å²) in [6.45, 7) is 0. The van der Waals surface area contributed by atoms with Crippen molar-refractivity contribution in [2.75, 3.05) is 5.32 Å². The number of piperidine rings is 1. The smallest absolute Gasteiger partial charge is 0.249 e. The molecule has 2 amide bonds. The topological polar surface area (TPSA) is 110 Å². The van der Waals surface area contributed by atoms with E-state index in [0.717, 1.165) is 0 Å². The van der Waals surface area contributed by atoms with Crippen molar-refractivity contribution in [1.82, 2.24) is 15.3 Å². The van der Waals surface area contributed by atoms with E-state index in [0.29, 0.717) is 18.5 Å². The molecule has 1 aliphatic rings. The van der Waals surface area contributed by atoms with Gasteiger partial charge in [0, 0.05) is 12.6 Å². The number of carbonyl (C=O) groups is 2. The predicted octanol–water partition coefficient (Wildman–Crippen LogP) is -0.672. The van der Waals surface area contributed by atoms with Gasteiger partial charge in [0.25, 0.3) is 0 Å². The third-order valence-corrected chi connectivity index (χ3v) is 2.66. The number of hydrogen-bond acceptors (Lipinski definition) is 6. The molecule has 1 unspecified atom stereocenters. The van der Waals surface area contributed by atoms with Crippen LogP contribution in [-0.2, 0) is 9.59 Å². The molecule has 8 heteroatoms. The minimum atomic E-state index is -0.524. The summed E-state index contributed by atoms with van der Waals surface area (Å²) in [6, 6.07) is 1.06. The fourth-order valence-electron chi connectivity index (χ4n) is 1.55. The van der Waals surface area contributed by atoms with Crippen molar-refractivity contribution in [2.24, 2.45) is 5.73 Å². The largest absolute Gasteiger partial charge is 0.388 e. The van der Waals surface area contributed by atoms with Crippen molar-refractivity contribution in [2.45, 2.75) is 18.9 Å². The van der Waals surface area contributed by atoms with Crippen LogP contribution in [0.1, 0.15) is 18.5 Å². The number of thiocarbonyl (C=S) groups is 1. The molecule has 0 aromatic carbocycles. The molecule has 1 aromatic rings. The first-order valence-electron chi connectivity index (χ1n) is 5.29. The Morgan fingerprint density at radius 2 is 2.33 bits per heavy atom. The van der Waals surface area contributed by atoms with E-state index >= 15 is 0 Å². The summed E-state index contributed by atoms with van der Waals surface area (Å²) < 4.78 is 0. The molecule has 18 heavy (non-hydrogen) atoms. The number of anilines is 1. The van der Waals surface area contributed by atoms with Gasteiger partial charge in [0.15, 0.2) is 0 Å². The van der Waals surface area contributed by atoms with Crippen molar-refractivity contribution in [3.05, 3.63) is 18.0 Å². The van der Waals surface area contributed by atoms with E-state index < -0.39 is 6.04 Å². The summed E-state index contributed by atoms with van der Waals surface area (Å²) in [7, 11) is 0. The number of rotatable bonds is 3. The van der Waals surface area contributed by atoms with Crippen LogP contribution in [0.2, 0.25) is 0 Å². The molecular formula is C10H11N5O2S. The van der Waals surface area contributed by atoms with Crippen molar-refractivity contribution < 1.29 is 9.59 Å². The van der Waals surface area contributed by atoms with Crippen LogP contribution in [0.25, 0.3) is 0 Å². The molecule has 0 radical (unpaired) electrons. The molecule has 1 fully saturated rings. The van der Waals surface area contributed by atoms with Gasteiger partial charge in [-0.3, -0.25) is 14.9 Å². The minimum Gasteiger partial charge on any atom is -0.388 e. The fraction of sp³-hybridized carbons (Fsp3) is 0.300. The average Bonchev–Trinajstić information content (AvgIpc) is 2.33. The molecule has 1 atom stereocenters. The Balaban J connectivity index is 2.09. The van der Waals surface area contributed by atoms with E-state index in [1.54, 1.807) is 6.07 Å². The van der Waals surface area contributed by atoms with E-state index in [1.165, 1.54) is 6.20 Å². The van der Waals surface area contributed by atoms with Gasteiger partial charge in [0.2, 0.25) is 17.8 Å². The molecule has 1 aromatic heterocycles. The number of imide groups is 1. The Bertz CT molecular complexity index is 519. The predicted molar refractivity (Wildman–Crippen MR) is 67.7 cm³/mol. The van der Waals surface area contributed by atoms with E-state index in [4.69, 9.17) is 18.0 Å². The molecular weight excluding hydrogens is 254 g/mol. The quantitative estimate of drug-likeness (QED) is 0.491. The lowest BCUT2D eigenvalue weighted by molar-refractivity contribution is -0.133. The van der Waals surface area contributed by atoms with E-state index in [-0.39, 0.29) is 22.8 Å². The maximum Gasteiger partial charge on any atom is 0.249 e. The maximum absolute atomic E-state index is 11.5. The zero-order chi connectivity index (χ0) is 13.1. The normalized spacial score (nSPS) is 19.2. The van der Waals surface area contributed by atoms with Crippen LogP contribution < -0.4 is 16.4 Å². The third kappa shape index (κ3) is 2.77. The lowest BCUT2D eigenvalue weighted by Crippen LogP contribution is -2.47. The van der Waals surface area contributed by atoms with Crippen LogP contribution in [0.4, 0.5) is 5.95 Å². The van der Waals surface area contributed by atoms with E-state index in [1.807, 2.05) is 0 Å². The molecule has 1 saturated heterocycles. The van der Waals surface area contributed by atoms with Crippen molar-refractivity contribution in [3.63, 3.8) is 0 Å². The number of aromatic nitrogens is 2. The second-order valence-electron chi connectivity index (χ2n) is 3.78. The molecule has 0 saturated carbocycles. The van der Waals surface area contributed by atoms with Crippen LogP contribution in [0, 0.1) is 0 Å². The highest BCUT2D eigenvalue weighted by atomic mass is 32.1. The number of amides is 2. The standard InChI is InChI=1S/C10H11N5O2S/c11-8(18)5-3-4-12-10(13-5)14-6-1-2-7(16)15-9(6)17/h3-4,6H,1-2H2,(H2,11,18)(H,12,13,14)(H,15,16,17). The molecule has 2 heterocycles. The van der Waals surface area contributed by atoms with Crippen LogP contribution in [0.5, 0.6) is 0 Å². The Hall–Kier alpha value is -2.09. The molecule has 7 nitrogen and oxygen atoms in total. The summed E-state index contributed by atoms with van der Waals surface area (Å²) >= 11 is 4.80. The van der Waals surface area contributed by atoms with Crippen LogP contribution in [0.3, 0.4) is 0 Å². The Morgan fingerprint density at radius 3 is 3.00 bits per heavy atom. The lowest BCUT2D eigenvalue weighted by atomic mass is 10.1. The Kier molecular flexibility index (Phi) is 3.47. The second kappa shape index (κ2) is 5.05. The van der Waals surface area contributed by atoms with Crippen molar-refractivity contribution in [3.8, 4) is 0 Å². The van der Waals surface area contributed by atoms with Gasteiger partial charge in [-0.05, 0) is 12.5 Å². The van der Waals surface area contributed by atoms with Gasteiger partial charge in [0.05, 0.1) is 0 Å². The number of nitrogens with zero attached hydrogens (tertiary/aromatic N) is 2. The van der Waals surface area contributed by atoms with Gasteiger partial charge in [-0.15, -0.1) is 0 Å². The molecule has 0 spiro atoms. The summed E-state index contributed by atoms with van der Waals surface area (Å²) in [4.78, 5) is 30.7. The fourth-order valence-corrected chi connectivity index (χ4v) is 1.67. The zero-order valence-electron chi connectivity index (χ0n) is 9.34. The molecule has 1 aliphatic heterocycles. The second-order valence-corrected chi connectivity index (χ2v) is 4.22. The van der Waals surface area contributed by atoms with Crippen molar-refractivity contribution >= 4 is 35.0 Å². The summed E-state index contributed by atoms with van der Waals surface area (Å²) in [5.41, 5.74) is 5.88. The number of nitrogens with two attached hydrogens (primary N) is 1. The maximum atomic E-state index is 11.5. The number of hydrogen-bond donors (Lipinski definition) is 3. The van der Waals surface area contributed by atoms with E-state index in [2.05, 4.69) is 20.6 Å². The summed E-state index contributed by atoms with van der Waals surface area (Å²) in [6.07, 6.45) is 2.19. The Labute approximate surface area is 108 Å². The molecule has 94 valence electrons. The van der Waals surface area contributed by atoms with E-state index in [9.17, 15) is 9.59 Å². The number of carbonyl (C=O) groups excluding carboxylic acids is 2. The minimum absolute atomic E-state index is 0.156. The monoisotopic (exact) mass is 265 g/mol. The highest BCUT2D eigenvalue weighted by Gasteiger charge is 2.26. The molecule has 2 rings (SSSR count). The molecule has 0 aliphatic carbocycles. The summed E-state index contributed by atoms with van der Waals surface area (Å²) in [5.74, 6) is -0.388. The Morgan fingerprint density at radius 1 is 1.56 bits per heavy atom. The van der Waals surface area contributed by atoms with Gasteiger partial charge in [0.1, 0.15) is 16.7 Å². The zero-order valence-corrected chi connectivity index (χ0v) is 10.2. The van der Waals surface area contributed by atoms with Gasteiger partial charge in [-0.1, -0.05) is 12.2 Å².